The molecule has 8 nitrogen and oxygen atoms in total. The van der Waals surface area contributed by atoms with Gasteiger partial charge in [0.1, 0.15) is 13.2 Å². The second kappa shape index (κ2) is 7.56. The van der Waals surface area contributed by atoms with Gasteiger partial charge in [-0.1, -0.05) is 0 Å². The molecule has 0 unspecified atom stereocenters. The van der Waals surface area contributed by atoms with Gasteiger partial charge in [-0.3, -0.25) is 4.79 Å². The summed E-state index contributed by atoms with van der Waals surface area (Å²) in [5, 5.41) is 4.32. The molecule has 9 heteroatoms. The topological polar surface area (TPSA) is 99.5 Å². The van der Waals surface area contributed by atoms with Crippen LogP contribution in [0.4, 0.5) is 0 Å². The summed E-state index contributed by atoms with van der Waals surface area (Å²) in [7, 11) is -3.66. The van der Waals surface area contributed by atoms with Crippen LogP contribution in [0.2, 0.25) is 0 Å². The summed E-state index contributed by atoms with van der Waals surface area (Å²) in [5.74, 6) is 1.00. The second-order valence-electron chi connectivity index (χ2n) is 7.19. The Morgan fingerprint density at radius 1 is 1.04 bits per heavy atom. The molecule has 1 aliphatic heterocycles. The lowest BCUT2D eigenvalue weighted by atomic mass is 9.92. The fraction of sp³-hybridized carbons (Fsp3) is 0.474. The zero-order valence-electron chi connectivity index (χ0n) is 15.6. The van der Waals surface area contributed by atoms with Crippen molar-refractivity contribution in [2.45, 2.75) is 49.6 Å². The van der Waals surface area contributed by atoms with Gasteiger partial charge in [0.15, 0.2) is 11.5 Å². The molecule has 1 aliphatic carbocycles. The van der Waals surface area contributed by atoms with Crippen molar-refractivity contribution >= 4 is 10.0 Å². The Bertz CT molecular complexity index is 1030. The number of nitrogens with one attached hydrogen (secondary N) is 1. The van der Waals surface area contributed by atoms with E-state index in [1.54, 1.807) is 12.1 Å². The lowest BCUT2D eigenvalue weighted by Gasteiger charge is -2.29. The molecule has 2 aliphatic rings. The molecule has 0 bridgehead atoms. The number of benzene rings is 1. The molecule has 0 radical (unpaired) electrons. The van der Waals surface area contributed by atoms with Crippen LogP contribution >= 0.6 is 0 Å². The number of ether oxygens (including phenoxy) is 2. The number of hydrogen-bond acceptors (Lipinski definition) is 6. The highest BCUT2D eigenvalue weighted by Gasteiger charge is 2.28. The van der Waals surface area contributed by atoms with Crippen LogP contribution in [0, 0.1) is 6.92 Å². The lowest BCUT2D eigenvalue weighted by Crippen LogP contribution is -2.39. The molecule has 2 aromatic rings. The largest absolute Gasteiger partial charge is 0.486 e. The van der Waals surface area contributed by atoms with Crippen LogP contribution in [0.25, 0.3) is 0 Å². The van der Waals surface area contributed by atoms with E-state index in [0.717, 1.165) is 5.69 Å². The fourth-order valence-corrected chi connectivity index (χ4v) is 5.02. The van der Waals surface area contributed by atoms with Crippen LogP contribution in [0.1, 0.15) is 37.4 Å². The van der Waals surface area contributed by atoms with Gasteiger partial charge in [0.05, 0.1) is 16.6 Å². The molecule has 0 spiro atoms. The Labute approximate surface area is 163 Å². The summed E-state index contributed by atoms with van der Waals surface area (Å²) in [6.07, 6.45) is 2.70. The third-order valence-electron chi connectivity index (χ3n) is 5.15. The number of aryl methyl sites for hydroxylation is 1. The van der Waals surface area contributed by atoms with E-state index in [9.17, 15) is 13.2 Å². The molecule has 4 rings (SSSR count). The van der Waals surface area contributed by atoms with Crippen molar-refractivity contribution in [1.29, 1.82) is 0 Å². The minimum Gasteiger partial charge on any atom is -0.486 e. The summed E-state index contributed by atoms with van der Waals surface area (Å²) >= 11 is 0. The van der Waals surface area contributed by atoms with E-state index < -0.39 is 10.0 Å². The number of fused-ring (bicyclic) bond motifs is 1. The number of nitrogens with zero attached hydrogens (tertiary/aromatic N) is 2. The van der Waals surface area contributed by atoms with Gasteiger partial charge in [-0.05, 0) is 50.8 Å². The third kappa shape index (κ3) is 3.90. The summed E-state index contributed by atoms with van der Waals surface area (Å²) in [4.78, 5) is 12.2. The summed E-state index contributed by atoms with van der Waals surface area (Å²) in [6, 6.07) is 7.70. The maximum Gasteiger partial charge on any atom is 0.267 e. The first-order valence-electron chi connectivity index (χ1n) is 9.41. The van der Waals surface area contributed by atoms with Gasteiger partial charge in [-0.25, -0.2) is 17.8 Å². The van der Waals surface area contributed by atoms with Crippen LogP contribution in [-0.2, 0) is 10.0 Å². The third-order valence-corrected chi connectivity index (χ3v) is 6.66. The normalized spacial score (nSPS) is 22.0. The average Bonchev–Trinajstić information content (AvgIpc) is 2.70. The highest BCUT2D eigenvalue weighted by atomic mass is 32.2. The maximum atomic E-state index is 12.8. The molecule has 28 heavy (non-hydrogen) atoms. The number of rotatable bonds is 4. The molecule has 1 saturated carbocycles. The summed E-state index contributed by atoms with van der Waals surface area (Å²) < 4.78 is 40.8. The minimum atomic E-state index is -3.66. The zero-order valence-corrected chi connectivity index (χ0v) is 16.4. The monoisotopic (exact) mass is 405 g/mol. The van der Waals surface area contributed by atoms with Crippen molar-refractivity contribution in [3.8, 4) is 11.5 Å². The van der Waals surface area contributed by atoms with E-state index >= 15 is 0 Å². The predicted octanol–water partition coefficient (Wildman–Crippen LogP) is 1.79. The Morgan fingerprint density at radius 3 is 2.50 bits per heavy atom. The first-order valence-corrected chi connectivity index (χ1v) is 10.9. The quantitative estimate of drug-likeness (QED) is 0.832. The van der Waals surface area contributed by atoms with Crippen molar-refractivity contribution in [2.24, 2.45) is 0 Å². The van der Waals surface area contributed by atoms with Gasteiger partial charge in [0.25, 0.3) is 5.56 Å². The molecule has 0 amide bonds. The summed E-state index contributed by atoms with van der Waals surface area (Å²) in [5.41, 5.74) is 0.673. The SMILES string of the molecule is Cc1ccc(=O)n(C2CCC(NS(=O)(=O)c3ccc4c(c3)OCCO4)CC2)n1. The fourth-order valence-electron chi connectivity index (χ4n) is 3.70. The molecule has 150 valence electrons. The molecule has 1 aromatic heterocycles. The predicted molar refractivity (Wildman–Crippen MR) is 102 cm³/mol. The maximum absolute atomic E-state index is 12.8. The van der Waals surface area contributed by atoms with Crippen LogP contribution < -0.4 is 19.8 Å². The molecule has 0 saturated heterocycles. The Morgan fingerprint density at radius 2 is 1.75 bits per heavy atom. The molecule has 1 aromatic carbocycles. The Kier molecular flexibility index (Phi) is 5.11. The number of hydrogen-bond donors (Lipinski definition) is 1. The van der Waals surface area contributed by atoms with Crippen molar-refractivity contribution in [3.05, 3.63) is 46.4 Å². The van der Waals surface area contributed by atoms with Crippen LogP contribution in [0.15, 0.2) is 40.0 Å². The second-order valence-corrected chi connectivity index (χ2v) is 8.90. The van der Waals surface area contributed by atoms with Gasteiger partial charge in [-0.15, -0.1) is 0 Å². The zero-order chi connectivity index (χ0) is 19.7. The Hall–Kier alpha value is -2.39. The minimum absolute atomic E-state index is 0.00227. The van der Waals surface area contributed by atoms with Crippen LogP contribution in [0.5, 0.6) is 11.5 Å². The van der Waals surface area contributed by atoms with Crippen molar-refractivity contribution in [2.75, 3.05) is 13.2 Å². The van der Waals surface area contributed by atoms with Gasteiger partial charge in [0, 0.05) is 18.2 Å². The van der Waals surface area contributed by atoms with E-state index in [0.29, 0.717) is 50.4 Å². The highest BCUT2D eigenvalue weighted by molar-refractivity contribution is 7.89. The van der Waals surface area contributed by atoms with E-state index in [2.05, 4.69) is 9.82 Å². The van der Waals surface area contributed by atoms with Crippen molar-refractivity contribution in [3.63, 3.8) is 0 Å². The molecule has 2 heterocycles. The smallest absolute Gasteiger partial charge is 0.267 e. The lowest BCUT2D eigenvalue weighted by molar-refractivity contribution is 0.171. The van der Waals surface area contributed by atoms with Crippen molar-refractivity contribution < 1.29 is 17.9 Å². The van der Waals surface area contributed by atoms with E-state index in [1.165, 1.54) is 22.9 Å². The molecule has 0 atom stereocenters. The number of sulfonamides is 1. The van der Waals surface area contributed by atoms with Gasteiger partial charge >= 0.3 is 0 Å². The van der Waals surface area contributed by atoms with Crippen molar-refractivity contribution in [1.82, 2.24) is 14.5 Å². The van der Waals surface area contributed by atoms with E-state index in [1.807, 2.05) is 6.92 Å². The van der Waals surface area contributed by atoms with Gasteiger partial charge in [0.2, 0.25) is 10.0 Å². The van der Waals surface area contributed by atoms with E-state index in [-0.39, 0.29) is 22.5 Å². The highest BCUT2D eigenvalue weighted by Crippen LogP contribution is 2.33. The molecule has 1 N–H and O–H groups in total. The molecular formula is C19H23N3O5S. The first-order chi connectivity index (χ1) is 13.4. The standard InChI is InChI=1S/C19H23N3O5S/c1-13-2-9-19(23)22(20-13)15-5-3-14(4-6-15)21-28(24,25)16-7-8-17-18(12-16)27-11-10-26-17/h2,7-9,12,14-15,21H,3-6,10-11H2,1H3. The summed E-state index contributed by atoms with van der Waals surface area (Å²) in [6.45, 7) is 2.71. The first kappa shape index (κ1) is 18.9. The average molecular weight is 405 g/mol. The molecular weight excluding hydrogens is 382 g/mol. The Balaban J connectivity index is 1.43. The van der Waals surface area contributed by atoms with Crippen LogP contribution in [0.3, 0.4) is 0 Å². The number of aromatic nitrogens is 2. The molecule has 1 fully saturated rings. The van der Waals surface area contributed by atoms with E-state index in [4.69, 9.17) is 9.47 Å². The van der Waals surface area contributed by atoms with Crippen LogP contribution in [-0.4, -0.2) is 37.5 Å². The van der Waals surface area contributed by atoms with Gasteiger partial charge < -0.3 is 9.47 Å². The van der Waals surface area contributed by atoms with Gasteiger partial charge in [-0.2, -0.15) is 5.10 Å².